The smallest absolute Gasteiger partial charge is 0.263 e. The summed E-state index contributed by atoms with van der Waals surface area (Å²) in [7, 11) is -3.89. The fraction of sp³-hybridized carbons (Fsp3) is 0. The Kier molecular flexibility index (Phi) is 4.25. The molecule has 20 heavy (non-hydrogen) atoms. The lowest BCUT2D eigenvalue weighted by atomic mass is 10.3. The average Bonchev–Trinajstić information content (AvgIpc) is 2.80. The molecular weight excluding hydrogens is 386 g/mol. The van der Waals surface area contributed by atoms with Gasteiger partial charge in [-0.2, -0.15) is 5.26 Å². The Labute approximate surface area is 133 Å². The minimum absolute atomic E-state index is 0.0835. The maximum Gasteiger partial charge on any atom is 0.263 e. The molecule has 0 aliphatic heterocycles. The second-order valence-electron chi connectivity index (χ2n) is 3.69. The second kappa shape index (κ2) is 5.61. The zero-order chi connectivity index (χ0) is 14.9. The number of benzene rings is 1. The maximum absolute atomic E-state index is 12.3. The Balaban J connectivity index is 2.50. The van der Waals surface area contributed by atoms with Gasteiger partial charge < -0.3 is 5.73 Å². The molecule has 1 heterocycles. The van der Waals surface area contributed by atoms with E-state index >= 15 is 0 Å². The van der Waals surface area contributed by atoms with Crippen LogP contribution in [0.25, 0.3) is 0 Å². The Morgan fingerprint density at radius 3 is 2.80 bits per heavy atom. The molecule has 0 aliphatic carbocycles. The van der Waals surface area contributed by atoms with E-state index in [4.69, 9.17) is 22.6 Å². The number of nitrogens with two attached hydrogens (primary N) is 1. The molecule has 0 unspecified atom stereocenters. The van der Waals surface area contributed by atoms with Crippen molar-refractivity contribution in [2.45, 2.75) is 4.90 Å². The summed E-state index contributed by atoms with van der Waals surface area (Å²) in [5.41, 5.74) is 6.14. The van der Waals surface area contributed by atoms with E-state index in [1.165, 1.54) is 18.2 Å². The first kappa shape index (κ1) is 15.1. The fourth-order valence-electron chi connectivity index (χ4n) is 1.43. The molecule has 1 aromatic heterocycles. The molecule has 0 atom stereocenters. The number of halogens is 2. The van der Waals surface area contributed by atoms with E-state index in [1.807, 2.05) is 6.07 Å². The van der Waals surface area contributed by atoms with Gasteiger partial charge in [-0.15, -0.1) is 11.3 Å². The molecule has 0 bridgehead atoms. The van der Waals surface area contributed by atoms with Crippen LogP contribution in [0, 0.1) is 11.3 Å². The number of hydrogen-bond donors (Lipinski definition) is 2. The standard InChI is InChI=1S/C11H7BrClN3O2S2/c12-10-8(15)3-7(13)4-9(10)20(17,18)16-11-6(5-14)1-2-19-11/h1-4,16H,15H2. The molecular formula is C11H7BrClN3O2S2. The van der Waals surface area contributed by atoms with Crippen LogP contribution in [0.5, 0.6) is 0 Å². The van der Waals surface area contributed by atoms with Crippen molar-refractivity contribution in [2.24, 2.45) is 0 Å². The van der Waals surface area contributed by atoms with E-state index < -0.39 is 10.0 Å². The zero-order valence-electron chi connectivity index (χ0n) is 9.72. The van der Waals surface area contributed by atoms with Gasteiger partial charge in [-0.1, -0.05) is 11.6 Å². The van der Waals surface area contributed by atoms with Crippen molar-refractivity contribution in [3.8, 4) is 6.07 Å². The first-order valence-corrected chi connectivity index (χ1v) is 8.63. The van der Waals surface area contributed by atoms with Crippen molar-refractivity contribution in [1.82, 2.24) is 0 Å². The van der Waals surface area contributed by atoms with Crippen LogP contribution < -0.4 is 10.5 Å². The van der Waals surface area contributed by atoms with Crippen molar-refractivity contribution in [3.05, 3.63) is 38.6 Å². The molecule has 9 heteroatoms. The SMILES string of the molecule is N#Cc1ccsc1NS(=O)(=O)c1cc(Cl)cc(N)c1Br. The molecule has 0 radical (unpaired) electrons. The third-order valence-corrected chi connectivity index (χ3v) is 6.03. The number of rotatable bonds is 3. The van der Waals surface area contributed by atoms with E-state index in [0.29, 0.717) is 0 Å². The Hall–Kier alpha value is -1.27. The van der Waals surface area contributed by atoms with Crippen molar-refractivity contribution in [3.63, 3.8) is 0 Å². The molecule has 0 saturated heterocycles. The number of nitrogen functional groups attached to an aromatic ring is 1. The van der Waals surface area contributed by atoms with Gasteiger partial charge in [0, 0.05) is 10.7 Å². The number of nitrogens with zero attached hydrogens (tertiary/aromatic N) is 1. The van der Waals surface area contributed by atoms with Gasteiger partial charge in [0.05, 0.1) is 10.0 Å². The monoisotopic (exact) mass is 391 g/mol. The number of thiophene rings is 1. The molecule has 3 N–H and O–H groups in total. The van der Waals surface area contributed by atoms with E-state index in [-0.39, 0.29) is 30.6 Å². The average molecular weight is 393 g/mol. The van der Waals surface area contributed by atoms with Crippen LogP contribution >= 0.6 is 38.9 Å². The predicted octanol–water partition coefficient (Wildman–Crippen LogP) is 3.42. The van der Waals surface area contributed by atoms with Crippen LogP contribution in [-0.4, -0.2) is 8.42 Å². The third kappa shape index (κ3) is 2.91. The summed E-state index contributed by atoms with van der Waals surface area (Å²) in [5, 5.41) is 11.0. The fourth-order valence-corrected chi connectivity index (χ4v) is 4.80. The van der Waals surface area contributed by atoms with Gasteiger partial charge in [-0.3, -0.25) is 4.72 Å². The maximum atomic E-state index is 12.3. The number of nitriles is 1. The van der Waals surface area contributed by atoms with Crippen molar-refractivity contribution >= 4 is 59.6 Å². The largest absolute Gasteiger partial charge is 0.398 e. The Bertz CT molecular complexity index is 812. The molecule has 104 valence electrons. The summed E-state index contributed by atoms with van der Waals surface area (Å²) in [6.45, 7) is 0. The van der Waals surface area contributed by atoms with Crippen molar-refractivity contribution < 1.29 is 8.42 Å². The highest BCUT2D eigenvalue weighted by molar-refractivity contribution is 9.10. The molecule has 0 fully saturated rings. The number of anilines is 2. The van der Waals surface area contributed by atoms with E-state index in [0.717, 1.165) is 11.3 Å². The van der Waals surface area contributed by atoms with Gasteiger partial charge in [0.2, 0.25) is 0 Å². The molecule has 2 rings (SSSR count). The van der Waals surface area contributed by atoms with Crippen LogP contribution in [0.4, 0.5) is 10.7 Å². The second-order valence-corrected chi connectivity index (χ2v) is 7.48. The first-order valence-electron chi connectivity index (χ1n) is 5.10. The van der Waals surface area contributed by atoms with Gasteiger partial charge in [-0.25, -0.2) is 8.42 Å². The third-order valence-electron chi connectivity index (χ3n) is 2.33. The van der Waals surface area contributed by atoms with Crippen LogP contribution in [0.2, 0.25) is 5.02 Å². The Morgan fingerprint density at radius 1 is 1.45 bits per heavy atom. The predicted molar refractivity (Wildman–Crippen MR) is 83.4 cm³/mol. The molecule has 2 aromatic rings. The van der Waals surface area contributed by atoms with Crippen molar-refractivity contribution in [2.75, 3.05) is 10.5 Å². The summed E-state index contributed by atoms with van der Waals surface area (Å²) >= 11 is 10.1. The Morgan fingerprint density at radius 2 is 2.15 bits per heavy atom. The molecule has 5 nitrogen and oxygen atoms in total. The summed E-state index contributed by atoms with van der Waals surface area (Å²) in [6, 6.07) is 6.16. The van der Waals surface area contributed by atoms with Gasteiger partial charge in [0.1, 0.15) is 16.0 Å². The molecule has 0 aliphatic rings. The minimum Gasteiger partial charge on any atom is -0.398 e. The first-order chi connectivity index (χ1) is 9.35. The summed E-state index contributed by atoms with van der Waals surface area (Å²) in [6.07, 6.45) is 0. The lowest BCUT2D eigenvalue weighted by Gasteiger charge is -2.10. The number of sulfonamides is 1. The molecule has 1 aromatic carbocycles. The normalized spacial score (nSPS) is 11.1. The van der Waals surface area contributed by atoms with Gasteiger partial charge in [0.15, 0.2) is 0 Å². The molecule has 0 spiro atoms. The zero-order valence-corrected chi connectivity index (χ0v) is 13.7. The highest BCUT2D eigenvalue weighted by Crippen LogP contribution is 2.33. The van der Waals surface area contributed by atoms with E-state index in [1.54, 1.807) is 5.38 Å². The quantitative estimate of drug-likeness (QED) is 0.782. The van der Waals surface area contributed by atoms with Gasteiger partial charge >= 0.3 is 0 Å². The van der Waals surface area contributed by atoms with Gasteiger partial charge in [0.25, 0.3) is 10.0 Å². The van der Waals surface area contributed by atoms with Gasteiger partial charge in [-0.05, 0) is 39.5 Å². The van der Waals surface area contributed by atoms with Crippen LogP contribution in [0.3, 0.4) is 0 Å². The lowest BCUT2D eigenvalue weighted by Crippen LogP contribution is -2.14. The summed E-state index contributed by atoms with van der Waals surface area (Å²) < 4.78 is 27.2. The van der Waals surface area contributed by atoms with Crippen molar-refractivity contribution in [1.29, 1.82) is 5.26 Å². The van der Waals surface area contributed by atoms with Crippen LogP contribution in [-0.2, 0) is 10.0 Å². The highest BCUT2D eigenvalue weighted by atomic mass is 79.9. The lowest BCUT2D eigenvalue weighted by molar-refractivity contribution is 0.601. The number of hydrogen-bond acceptors (Lipinski definition) is 5. The molecule has 0 saturated carbocycles. The van der Waals surface area contributed by atoms with Crippen LogP contribution in [0.1, 0.15) is 5.56 Å². The van der Waals surface area contributed by atoms with E-state index in [2.05, 4.69) is 20.7 Å². The van der Waals surface area contributed by atoms with E-state index in [9.17, 15) is 8.42 Å². The topological polar surface area (TPSA) is 96.0 Å². The van der Waals surface area contributed by atoms with Crippen LogP contribution in [0.15, 0.2) is 32.9 Å². The highest BCUT2D eigenvalue weighted by Gasteiger charge is 2.22. The number of nitrogens with one attached hydrogen (secondary N) is 1. The summed E-state index contributed by atoms with van der Waals surface area (Å²) in [4.78, 5) is -0.0835. The molecule has 0 amide bonds. The minimum atomic E-state index is -3.89. The summed E-state index contributed by atoms with van der Waals surface area (Å²) in [5.74, 6) is 0.